The van der Waals surface area contributed by atoms with Crippen molar-refractivity contribution < 1.29 is 9.47 Å². The molecule has 3 nitrogen and oxygen atoms in total. The maximum Gasteiger partial charge on any atom is 0.0717 e. The second-order valence-corrected chi connectivity index (χ2v) is 9.32. The van der Waals surface area contributed by atoms with Crippen LogP contribution in [0.3, 0.4) is 0 Å². The van der Waals surface area contributed by atoms with Crippen molar-refractivity contribution in [2.75, 3.05) is 13.2 Å². The van der Waals surface area contributed by atoms with Crippen LogP contribution in [0, 0.1) is 11.3 Å². The van der Waals surface area contributed by atoms with Crippen LogP contribution in [0.1, 0.15) is 36.5 Å². The molecule has 3 heteroatoms. The Morgan fingerprint density at radius 2 is 1.16 bits per heavy atom. The van der Waals surface area contributed by atoms with E-state index in [-0.39, 0.29) is 5.41 Å². The Labute approximate surface area is 192 Å². The third-order valence-corrected chi connectivity index (χ3v) is 6.55. The van der Waals surface area contributed by atoms with E-state index >= 15 is 0 Å². The van der Waals surface area contributed by atoms with Crippen LogP contribution in [0.25, 0.3) is 0 Å². The first-order chi connectivity index (χ1) is 15.7. The van der Waals surface area contributed by atoms with Gasteiger partial charge in [-0.05, 0) is 35.4 Å². The van der Waals surface area contributed by atoms with Crippen LogP contribution in [-0.4, -0.2) is 19.3 Å². The first-order valence-corrected chi connectivity index (χ1v) is 11.7. The highest BCUT2D eigenvalue weighted by atomic mass is 16.5. The van der Waals surface area contributed by atoms with Gasteiger partial charge in [-0.25, -0.2) is 0 Å². The smallest absolute Gasteiger partial charge is 0.0717 e. The second-order valence-electron chi connectivity index (χ2n) is 9.32. The molecule has 0 amide bonds. The number of hydrogen-bond acceptors (Lipinski definition) is 3. The third-order valence-electron chi connectivity index (χ3n) is 6.55. The average molecular weight is 430 g/mol. The molecule has 1 saturated carbocycles. The molecule has 168 valence electrons. The lowest BCUT2D eigenvalue weighted by Crippen LogP contribution is -2.34. The first kappa shape index (κ1) is 22.7. The van der Waals surface area contributed by atoms with Gasteiger partial charge < -0.3 is 14.8 Å². The molecule has 32 heavy (non-hydrogen) atoms. The van der Waals surface area contributed by atoms with Gasteiger partial charge in [0.05, 0.1) is 26.4 Å². The SMILES string of the molecule is CC1CC(COCc2ccccc2)(COCc2ccccc2)CC1NCc1ccccc1. The van der Waals surface area contributed by atoms with E-state index < -0.39 is 0 Å². The molecule has 3 aromatic carbocycles. The summed E-state index contributed by atoms with van der Waals surface area (Å²) in [5.41, 5.74) is 3.81. The van der Waals surface area contributed by atoms with Crippen LogP contribution in [0.5, 0.6) is 0 Å². The van der Waals surface area contributed by atoms with Gasteiger partial charge in [0.1, 0.15) is 0 Å². The van der Waals surface area contributed by atoms with E-state index in [1.807, 2.05) is 12.1 Å². The summed E-state index contributed by atoms with van der Waals surface area (Å²) < 4.78 is 12.5. The van der Waals surface area contributed by atoms with Crippen LogP contribution in [0.4, 0.5) is 0 Å². The van der Waals surface area contributed by atoms with Crippen LogP contribution in [0.2, 0.25) is 0 Å². The lowest BCUT2D eigenvalue weighted by molar-refractivity contribution is -0.0321. The molecule has 0 aromatic heterocycles. The largest absolute Gasteiger partial charge is 0.376 e. The number of benzene rings is 3. The average Bonchev–Trinajstić information content (AvgIpc) is 3.15. The molecule has 0 radical (unpaired) electrons. The molecule has 1 N–H and O–H groups in total. The highest BCUT2D eigenvalue weighted by Crippen LogP contribution is 2.43. The normalized spacial score (nSPS) is 19.8. The Bertz CT molecular complexity index is 868. The summed E-state index contributed by atoms with van der Waals surface area (Å²) in [7, 11) is 0. The van der Waals surface area contributed by atoms with Crippen molar-refractivity contribution in [2.45, 2.75) is 45.6 Å². The summed E-state index contributed by atoms with van der Waals surface area (Å²) in [6.45, 7) is 6.02. The Hall–Kier alpha value is -2.46. The summed E-state index contributed by atoms with van der Waals surface area (Å²) in [4.78, 5) is 0. The molecule has 0 bridgehead atoms. The zero-order valence-electron chi connectivity index (χ0n) is 19.1. The van der Waals surface area contributed by atoms with Gasteiger partial charge in [-0.15, -0.1) is 0 Å². The van der Waals surface area contributed by atoms with E-state index in [0.29, 0.717) is 25.2 Å². The zero-order chi connectivity index (χ0) is 22.1. The van der Waals surface area contributed by atoms with Gasteiger partial charge in [0.2, 0.25) is 0 Å². The van der Waals surface area contributed by atoms with Crippen LogP contribution in [-0.2, 0) is 29.2 Å². The minimum atomic E-state index is 0.0390. The molecule has 0 aliphatic heterocycles. The van der Waals surface area contributed by atoms with Gasteiger partial charge in [-0.1, -0.05) is 97.9 Å². The molecular formula is C29H35NO2. The Morgan fingerprint density at radius 1 is 0.688 bits per heavy atom. The van der Waals surface area contributed by atoms with E-state index in [0.717, 1.165) is 32.6 Å². The topological polar surface area (TPSA) is 30.5 Å². The zero-order valence-corrected chi connectivity index (χ0v) is 19.1. The Kier molecular flexibility index (Phi) is 8.11. The minimum Gasteiger partial charge on any atom is -0.376 e. The minimum absolute atomic E-state index is 0.0390. The monoisotopic (exact) mass is 429 g/mol. The molecule has 0 saturated heterocycles. The van der Waals surface area contributed by atoms with Crippen LogP contribution in [0.15, 0.2) is 91.0 Å². The van der Waals surface area contributed by atoms with Crippen molar-refractivity contribution in [3.63, 3.8) is 0 Å². The van der Waals surface area contributed by atoms with Crippen LogP contribution >= 0.6 is 0 Å². The van der Waals surface area contributed by atoms with Crippen molar-refractivity contribution >= 4 is 0 Å². The van der Waals surface area contributed by atoms with E-state index in [4.69, 9.17) is 9.47 Å². The van der Waals surface area contributed by atoms with Gasteiger partial charge in [-0.2, -0.15) is 0 Å². The first-order valence-electron chi connectivity index (χ1n) is 11.7. The summed E-state index contributed by atoms with van der Waals surface area (Å²) >= 11 is 0. The summed E-state index contributed by atoms with van der Waals surface area (Å²) in [6, 6.07) is 32.0. The fraction of sp³-hybridized carbons (Fsp3) is 0.379. The molecule has 1 fully saturated rings. The van der Waals surface area contributed by atoms with Crippen molar-refractivity contribution in [1.29, 1.82) is 0 Å². The number of nitrogens with one attached hydrogen (secondary N) is 1. The third kappa shape index (κ3) is 6.52. The Balaban J connectivity index is 1.36. The molecule has 1 aliphatic rings. The van der Waals surface area contributed by atoms with Crippen molar-refractivity contribution in [2.24, 2.45) is 11.3 Å². The summed E-state index contributed by atoms with van der Waals surface area (Å²) in [5.74, 6) is 0.583. The second kappa shape index (κ2) is 11.4. The molecule has 4 rings (SSSR count). The molecule has 2 atom stereocenters. The molecule has 0 heterocycles. The predicted molar refractivity (Wildman–Crippen MR) is 130 cm³/mol. The highest BCUT2D eigenvalue weighted by molar-refractivity contribution is 5.16. The molecule has 2 unspecified atom stereocenters. The Morgan fingerprint density at radius 3 is 1.66 bits per heavy atom. The predicted octanol–water partition coefficient (Wildman–Crippen LogP) is 5.99. The van der Waals surface area contributed by atoms with Crippen molar-refractivity contribution in [1.82, 2.24) is 5.32 Å². The quantitative estimate of drug-likeness (QED) is 0.406. The number of ether oxygens (including phenoxy) is 2. The van der Waals surface area contributed by atoms with Gasteiger partial charge in [0.25, 0.3) is 0 Å². The maximum atomic E-state index is 6.26. The van der Waals surface area contributed by atoms with Gasteiger partial charge in [-0.3, -0.25) is 0 Å². The number of hydrogen-bond donors (Lipinski definition) is 1. The lowest BCUT2D eigenvalue weighted by Gasteiger charge is -2.29. The summed E-state index contributed by atoms with van der Waals surface area (Å²) in [5, 5.41) is 3.81. The maximum absolute atomic E-state index is 6.26. The number of rotatable bonds is 11. The van der Waals surface area contributed by atoms with E-state index in [9.17, 15) is 0 Å². The molecule has 1 aliphatic carbocycles. The molecular weight excluding hydrogens is 394 g/mol. The fourth-order valence-electron chi connectivity index (χ4n) is 4.89. The highest BCUT2D eigenvalue weighted by Gasteiger charge is 2.43. The molecule has 3 aromatic rings. The van der Waals surface area contributed by atoms with E-state index in [1.54, 1.807) is 0 Å². The van der Waals surface area contributed by atoms with Crippen molar-refractivity contribution in [3.05, 3.63) is 108 Å². The van der Waals surface area contributed by atoms with E-state index in [1.165, 1.54) is 16.7 Å². The van der Waals surface area contributed by atoms with Crippen LogP contribution < -0.4 is 5.32 Å². The van der Waals surface area contributed by atoms with Gasteiger partial charge in [0.15, 0.2) is 0 Å². The fourth-order valence-corrected chi connectivity index (χ4v) is 4.89. The van der Waals surface area contributed by atoms with E-state index in [2.05, 4.69) is 91.1 Å². The van der Waals surface area contributed by atoms with Crippen molar-refractivity contribution in [3.8, 4) is 0 Å². The lowest BCUT2D eigenvalue weighted by atomic mass is 9.87. The standard InChI is InChI=1S/C29H35NO2/c1-24-17-29(22-31-20-26-13-7-3-8-14-26,23-32-21-27-15-9-4-10-16-27)18-28(24)30-19-25-11-5-2-6-12-25/h2-16,24,28,30H,17-23H2,1H3. The van der Waals surface area contributed by atoms with Gasteiger partial charge >= 0.3 is 0 Å². The molecule has 0 spiro atoms. The summed E-state index contributed by atoms with van der Waals surface area (Å²) in [6.07, 6.45) is 2.19. The van der Waals surface area contributed by atoms with Gasteiger partial charge in [0, 0.05) is 18.0 Å².